The Hall–Kier alpha value is -0.770. The van der Waals surface area contributed by atoms with Gasteiger partial charge in [-0.1, -0.05) is 11.6 Å². The molecule has 0 fully saturated rings. The Morgan fingerprint density at radius 3 is 2.71 bits per heavy atom. The molecule has 0 aliphatic heterocycles. The molecular formula is C13H20ClNO2. The van der Waals surface area contributed by atoms with E-state index in [1.807, 2.05) is 39.1 Å². The van der Waals surface area contributed by atoms with Crippen LogP contribution in [0.15, 0.2) is 18.2 Å². The largest absolute Gasteiger partial charge is 0.491 e. The highest BCUT2D eigenvalue weighted by molar-refractivity contribution is 6.30. The van der Waals surface area contributed by atoms with Gasteiger partial charge in [-0.3, -0.25) is 0 Å². The zero-order chi connectivity index (χ0) is 12.7. The first-order valence-electron chi connectivity index (χ1n) is 5.81. The Labute approximate surface area is 108 Å². The minimum atomic E-state index is 0.237. The molecule has 96 valence electrons. The molecule has 0 amide bonds. The van der Waals surface area contributed by atoms with Gasteiger partial charge in [0.1, 0.15) is 12.4 Å². The van der Waals surface area contributed by atoms with Gasteiger partial charge in [0.2, 0.25) is 0 Å². The van der Waals surface area contributed by atoms with Crippen molar-refractivity contribution in [3.05, 3.63) is 28.8 Å². The lowest BCUT2D eigenvalue weighted by Crippen LogP contribution is -2.13. The van der Waals surface area contributed by atoms with Crippen molar-refractivity contribution in [3.8, 4) is 5.75 Å². The van der Waals surface area contributed by atoms with Crippen LogP contribution in [-0.4, -0.2) is 26.4 Å². The van der Waals surface area contributed by atoms with Crippen LogP contribution < -0.4 is 10.1 Å². The van der Waals surface area contributed by atoms with Crippen molar-refractivity contribution < 1.29 is 9.47 Å². The van der Waals surface area contributed by atoms with E-state index >= 15 is 0 Å². The van der Waals surface area contributed by atoms with Crippen molar-refractivity contribution >= 4 is 11.6 Å². The summed E-state index contributed by atoms with van der Waals surface area (Å²) < 4.78 is 11.1. The predicted molar refractivity (Wildman–Crippen MR) is 70.8 cm³/mol. The Morgan fingerprint density at radius 2 is 2.06 bits per heavy atom. The first-order chi connectivity index (χ1) is 8.13. The summed E-state index contributed by atoms with van der Waals surface area (Å²) in [5.41, 5.74) is 1.06. The molecule has 0 saturated carbocycles. The van der Waals surface area contributed by atoms with Gasteiger partial charge < -0.3 is 14.8 Å². The fourth-order valence-corrected chi connectivity index (χ4v) is 1.65. The van der Waals surface area contributed by atoms with Crippen LogP contribution in [0.25, 0.3) is 0 Å². The predicted octanol–water partition coefficient (Wildman–Crippen LogP) is 2.86. The Balaban J connectivity index is 2.51. The molecule has 0 aliphatic rings. The lowest BCUT2D eigenvalue weighted by molar-refractivity contribution is 0.0550. The van der Waals surface area contributed by atoms with Crippen LogP contribution in [0.3, 0.4) is 0 Å². The van der Waals surface area contributed by atoms with E-state index in [9.17, 15) is 0 Å². The molecule has 1 aromatic rings. The summed E-state index contributed by atoms with van der Waals surface area (Å²) in [4.78, 5) is 0. The quantitative estimate of drug-likeness (QED) is 0.762. The number of hydrogen-bond acceptors (Lipinski definition) is 3. The smallest absolute Gasteiger partial charge is 0.124 e. The van der Waals surface area contributed by atoms with Gasteiger partial charge in [0, 0.05) is 17.1 Å². The van der Waals surface area contributed by atoms with E-state index in [4.69, 9.17) is 21.1 Å². The molecular weight excluding hydrogens is 238 g/mol. The highest BCUT2D eigenvalue weighted by atomic mass is 35.5. The second-order valence-corrected chi connectivity index (χ2v) is 4.49. The van der Waals surface area contributed by atoms with E-state index in [1.54, 1.807) is 0 Å². The first kappa shape index (κ1) is 14.3. The summed E-state index contributed by atoms with van der Waals surface area (Å²) in [5.74, 6) is 0.858. The van der Waals surface area contributed by atoms with Gasteiger partial charge in [-0.15, -0.1) is 0 Å². The van der Waals surface area contributed by atoms with Gasteiger partial charge in [-0.05, 0) is 39.1 Å². The van der Waals surface area contributed by atoms with E-state index in [-0.39, 0.29) is 6.10 Å². The molecule has 0 bridgehead atoms. The summed E-state index contributed by atoms with van der Waals surface area (Å²) in [7, 11) is 1.90. The van der Waals surface area contributed by atoms with E-state index in [2.05, 4.69) is 5.32 Å². The fourth-order valence-electron chi connectivity index (χ4n) is 1.45. The molecule has 0 aliphatic carbocycles. The molecule has 0 atom stereocenters. The molecule has 1 rings (SSSR count). The average molecular weight is 258 g/mol. The standard InChI is InChI=1S/C13H20ClNO2/c1-10(2)16-6-7-17-13-5-4-12(14)8-11(13)9-15-3/h4-5,8,10,15H,6-7,9H2,1-3H3. The van der Waals surface area contributed by atoms with Crippen LogP contribution in [0.4, 0.5) is 0 Å². The Kier molecular flexibility index (Phi) is 6.34. The molecule has 17 heavy (non-hydrogen) atoms. The lowest BCUT2D eigenvalue weighted by atomic mass is 10.2. The van der Waals surface area contributed by atoms with Gasteiger partial charge in [-0.25, -0.2) is 0 Å². The van der Waals surface area contributed by atoms with Crippen molar-refractivity contribution in [1.29, 1.82) is 0 Å². The van der Waals surface area contributed by atoms with E-state index in [0.29, 0.717) is 13.2 Å². The van der Waals surface area contributed by atoms with Gasteiger partial charge in [0.25, 0.3) is 0 Å². The third-order valence-corrected chi connectivity index (χ3v) is 2.42. The highest BCUT2D eigenvalue weighted by Gasteiger charge is 2.04. The number of rotatable bonds is 7. The summed E-state index contributed by atoms with van der Waals surface area (Å²) in [5, 5.41) is 3.81. The third kappa shape index (κ3) is 5.39. The molecule has 0 aromatic heterocycles. The van der Waals surface area contributed by atoms with Crippen LogP contribution in [0.2, 0.25) is 5.02 Å². The topological polar surface area (TPSA) is 30.5 Å². The Bertz CT molecular complexity index is 342. The molecule has 0 heterocycles. The van der Waals surface area contributed by atoms with Crippen LogP contribution in [0, 0.1) is 0 Å². The minimum Gasteiger partial charge on any atom is -0.491 e. The molecule has 1 N–H and O–H groups in total. The number of hydrogen-bond donors (Lipinski definition) is 1. The molecule has 1 aromatic carbocycles. The van der Waals surface area contributed by atoms with E-state index in [0.717, 1.165) is 22.9 Å². The average Bonchev–Trinajstić information content (AvgIpc) is 2.27. The van der Waals surface area contributed by atoms with E-state index in [1.165, 1.54) is 0 Å². The molecule has 0 radical (unpaired) electrons. The zero-order valence-corrected chi connectivity index (χ0v) is 11.4. The molecule has 0 saturated heterocycles. The molecule has 4 heteroatoms. The number of halogens is 1. The maximum Gasteiger partial charge on any atom is 0.124 e. The van der Waals surface area contributed by atoms with Gasteiger partial charge >= 0.3 is 0 Å². The molecule has 0 spiro atoms. The van der Waals surface area contributed by atoms with Crippen LogP contribution in [0.1, 0.15) is 19.4 Å². The molecule has 0 unspecified atom stereocenters. The van der Waals surface area contributed by atoms with Crippen molar-refractivity contribution in [1.82, 2.24) is 5.32 Å². The maximum atomic E-state index is 5.95. The van der Waals surface area contributed by atoms with Crippen molar-refractivity contribution in [3.63, 3.8) is 0 Å². The SMILES string of the molecule is CNCc1cc(Cl)ccc1OCCOC(C)C. The van der Waals surface area contributed by atoms with Gasteiger partial charge in [-0.2, -0.15) is 0 Å². The number of nitrogens with one attached hydrogen (secondary N) is 1. The van der Waals surface area contributed by atoms with Gasteiger partial charge in [0.05, 0.1) is 12.7 Å². The van der Waals surface area contributed by atoms with E-state index < -0.39 is 0 Å². The van der Waals surface area contributed by atoms with Crippen molar-refractivity contribution in [2.75, 3.05) is 20.3 Å². The van der Waals surface area contributed by atoms with Gasteiger partial charge in [0.15, 0.2) is 0 Å². The van der Waals surface area contributed by atoms with Crippen LogP contribution in [0.5, 0.6) is 5.75 Å². The highest BCUT2D eigenvalue weighted by Crippen LogP contribution is 2.22. The fraction of sp³-hybridized carbons (Fsp3) is 0.538. The summed E-state index contributed by atoms with van der Waals surface area (Å²) in [6.45, 7) is 5.90. The lowest BCUT2D eigenvalue weighted by Gasteiger charge is -2.13. The van der Waals surface area contributed by atoms with Crippen LogP contribution in [-0.2, 0) is 11.3 Å². The number of ether oxygens (including phenoxy) is 2. The summed E-state index contributed by atoms with van der Waals surface area (Å²) in [6.07, 6.45) is 0.237. The minimum absolute atomic E-state index is 0.237. The van der Waals surface area contributed by atoms with Crippen molar-refractivity contribution in [2.45, 2.75) is 26.5 Å². The monoisotopic (exact) mass is 257 g/mol. The Morgan fingerprint density at radius 1 is 1.29 bits per heavy atom. The van der Waals surface area contributed by atoms with Crippen molar-refractivity contribution in [2.24, 2.45) is 0 Å². The second kappa shape index (κ2) is 7.54. The second-order valence-electron chi connectivity index (χ2n) is 4.05. The summed E-state index contributed by atoms with van der Waals surface area (Å²) >= 11 is 5.95. The maximum absolute atomic E-state index is 5.95. The zero-order valence-electron chi connectivity index (χ0n) is 10.6. The summed E-state index contributed by atoms with van der Waals surface area (Å²) in [6, 6.07) is 5.64. The first-order valence-corrected chi connectivity index (χ1v) is 6.18. The van der Waals surface area contributed by atoms with Crippen LogP contribution >= 0.6 is 11.6 Å². The third-order valence-electron chi connectivity index (χ3n) is 2.18. The molecule has 3 nitrogen and oxygen atoms in total. The number of benzene rings is 1. The normalized spacial score (nSPS) is 10.9.